The van der Waals surface area contributed by atoms with Crippen LogP contribution < -0.4 is 0 Å². The fourth-order valence-corrected chi connectivity index (χ4v) is 5.33. The molecule has 2 aliphatic heterocycles. The maximum absolute atomic E-state index is 12.8. The Morgan fingerprint density at radius 3 is 2.46 bits per heavy atom. The summed E-state index contributed by atoms with van der Waals surface area (Å²) in [5, 5.41) is 5.49. The van der Waals surface area contributed by atoms with E-state index in [1.807, 2.05) is 28.9 Å². The van der Waals surface area contributed by atoms with E-state index in [2.05, 4.69) is 29.7 Å². The molecule has 4 rings (SSSR count). The molecule has 35 heavy (non-hydrogen) atoms. The van der Waals surface area contributed by atoms with Crippen molar-refractivity contribution in [2.24, 2.45) is 0 Å². The lowest BCUT2D eigenvalue weighted by molar-refractivity contribution is -0.200. The van der Waals surface area contributed by atoms with Crippen molar-refractivity contribution in [2.75, 3.05) is 19.6 Å². The summed E-state index contributed by atoms with van der Waals surface area (Å²) in [6.07, 6.45) is -2.06. The number of nitrogens with zero attached hydrogens (tertiary/aromatic N) is 4. The van der Waals surface area contributed by atoms with E-state index in [1.165, 1.54) is 4.90 Å². The zero-order chi connectivity index (χ0) is 25.4. The minimum absolute atomic E-state index is 0.0931. The Hall–Kier alpha value is -2.26. The van der Waals surface area contributed by atoms with E-state index in [0.29, 0.717) is 37.5 Å². The molecule has 0 saturated carbocycles. The highest BCUT2D eigenvalue weighted by Crippen LogP contribution is 2.41. The number of hydrogen-bond acceptors (Lipinski definition) is 4. The molecule has 6 nitrogen and oxygen atoms in total. The Labute approximate surface area is 209 Å². The van der Waals surface area contributed by atoms with Crippen molar-refractivity contribution in [3.05, 3.63) is 41.0 Å². The van der Waals surface area contributed by atoms with Gasteiger partial charge in [-0.25, -0.2) is 4.79 Å². The van der Waals surface area contributed by atoms with Crippen LogP contribution in [0.25, 0.3) is 11.3 Å². The predicted molar refractivity (Wildman–Crippen MR) is 128 cm³/mol. The number of benzene rings is 1. The molecule has 2 fully saturated rings. The molecule has 1 atom stereocenters. The lowest BCUT2D eigenvalue weighted by atomic mass is 9.85. The van der Waals surface area contributed by atoms with E-state index >= 15 is 0 Å². The van der Waals surface area contributed by atoms with Crippen LogP contribution in [0.4, 0.5) is 18.0 Å². The standard InChI is InChI=1S/C25H32ClF3N4O2/c1-17(2)33-16-19(22(30-33)20-7-4-5-8-21(20)26)15-32-12-6-9-24(32)10-13-31(14-11-24)23(34)35-18(3)25(27,28)29/h4-5,7-8,16-18H,6,9-15H2,1-3H3. The minimum atomic E-state index is -4.56. The summed E-state index contributed by atoms with van der Waals surface area (Å²) < 4.78 is 45.0. The maximum Gasteiger partial charge on any atom is 0.425 e. The van der Waals surface area contributed by atoms with Gasteiger partial charge in [0, 0.05) is 48.5 Å². The number of ether oxygens (including phenoxy) is 1. The second-order valence-corrected chi connectivity index (χ2v) is 10.3. The highest BCUT2D eigenvalue weighted by atomic mass is 35.5. The highest BCUT2D eigenvalue weighted by molar-refractivity contribution is 6.33. The molecule has 10 heteroatoms. The van der Waals surface area contributed by atoms with Crippen LogP contribution in [0, 0.1) is 0 Å². The molecule has 0 bridgehead atoms. The van der Waals surface area contributed by atoms with Crippen molar-refractivity contribution in [2.45, 2.75) is 76.9 Å². The van der Waals surface area contributed by atoms with Crippen molar-refractivity contribution in [3.63, 3.8) is 0 Å². The molecule has 2 saturated heterocycles. The van der Waals surface area contributed by atoms with Crippen LogP contribution in [0.2, 0.25) is 5.02 Å². The van der Waals surface area contributed by atoms with Gasteiger partial charge in [0.2, 0.25) is 0 Å². The average molecular weight is 513 g/mol. The number of aromatic nitrogens is 2. The molecule has 2 aromatic rings. The molecule has 1 unspecified atom stereocenters. The fraction of sp³-hybridized carbons (Fsp3) is 0.600. The second-order valence-electron chi connectivity index (χ2n) is 9.86. The van der Waals surface area contributed by atoms with Crippen molar-refractivity contribution >= 4 is 17.7 Å². The zero-order valence-corrected chi connectivity index (χ0v) is 21.1. The SMILES string of the molecule is CC(C)n1cc(CN2CCCC23CCN(C(=O)OC(C)C(F)(F)F)CC3)c(-c2ccccc2Cl)n1. The molecular weight excluding hydrogens is 481 g/mol. The maximum atomic E-state index is 12.8. The van der Waals surface area contributed by atoms with Crippen LogP contribution in [0.3, 0.4) is 0 Å². The quantitative estimate of drug-likeness (QED) is 0.471. The smallest absolute Gasteiger partial charge is 0.425 e. The first kappa shape index (κ1) is 25.8. The van der Waals surface area contributed by atoms with Gasteiger partial charge in [-0.15, -0.1) is 0 Å². The van der Waals surface area contributed by atoms with Crippen molar-refractivity contribution in [3.8, 4) is 11.3 Å². The van der Waals surface area contributed by atoms with Crippen LogP contribution in [-0.4, -0.2) is 63.1 Å². The molecular formula is C25H32ClF3N4O2. The average Bonchev–Trinajstić information content (AvgIpc) is 3.39. The molecule has 0 aliphatic carbocycles. The molecule has 1 spiro atoms. The second kappa shape index (κ2) is 10.0. The summed E-state index contributed by atoms with van der Waals surface area (Å²) in [5.74, 6) is 0. The van der Waals surface area contributed by atoms with Gasteiger partial charge in [-0.3, -0.25) is 9.58 Å². The van der Waals surface area contributed by atoms with Gasteiger partial charge in [0.05, 0.1) is 10.7 Å². The Bertz CT molecular complexity index is 1050. The van der Waals surface area contributed by atoms with E-state index in [9.17, 15) is 18.0 Å². The van der Waals surface area contributed by atoms with Gasteiger partial charge >= 0.3 is 12.3 Å². The van der Waals surface area contributed by atoms with E-state index < -0.39 is 18.4 Å². The third kappa shape index (κ3) is 5.45. The lowest BCUT2D eigenvalue weighted by Crippen LogP contribution is -2.53. The van der Waals surface area contributed by atoms with E-state index in [1.54, 1.807) is 0 Å². The van der Waals surface area contributed by atoms with Crippen molar-refractivity contribution in [1.29, 1.82) is 0 Å². The number of carbonyl (C=O) groups excluding carboxylic acids is 1. The van der Waals surface area contributed by atoms with E-state index in [0.717, 1.165) is 43.1 Å². The summed E-state index contributed by atoms with van der Waals surface area (Å²) in [6.45, 7) is 7.39. The van der Waals surface area contributed by atoms with Gasteiger partial charge < -0.3 is 9.64 Å². The molecule has 1 aromatic carbocycles. The lowest BCUT2D eigenvalue weighted by Gasteiger charge is -2.45. The van der Waals surface area contributed by atoms with Gasteiger partial charge in [0.15, 0.2) is 6.10 Å². The third-order valence-corrected chi connectivity index (χ3v) is 7.59. The van der Waals surface area contributed by atoms with Crippen molar-refractivity contribution in [1.82, 2.24) is 19.6 Å². The van der Waals surface area contributed by atoms with Gasteiger partial charge in [-0.2, -0.15) is 18.3 Å². The largest absolute Gasteiger partial charge is 0.437 e. The van der Waals surface area contributed by atoms with E-state index in [-0.39, 0.29) is 11.6 Å². The predicted octanol–water partition coefficient (Wildman–Crippen LogP) is 6.30. The number of rotatable bonds is 5. The van der Waals surface area contributed by atoms with Gasteiger partial charge in [-0.1, -0.05) is 29.8 Å². The molecule has 0 radical (unpaired) electrons. The third-order valence-electron chi connectivity index (χ3n) is 7.26. The first-order chi connectivity index (χ1) is 16.5. The number of carbonyl (C=O) groups is 1. The molecule has 2 aliphatic rings. The number of halogens is 4. The summed E-state index contributed by atoms with van der Waals surface area (Å²) in [5.41, 5.74) is 2.76. The summed E-state index contributed by atoms with van der Waals surface area (Å²) in [6, 6.07) is 7.89. The van der Waals surface area contributed by atoms with Gasteiger partial charge in [-0.05, 0) is 59.1 Å². The van der Waals surface area contributed by atoms with E-state index in [4.69, 9.17) is 16.7 Å². The van der Waals surface area contributed by atoms with Crippen LogP contribution >= 0.6 is 11.6 Å². The van der Waals surface area contributed by atoms with Crippen LogP contribution in [0.1, 0.15) is 58.1 Å². The van der Waals surface area contributed by atoms with Gasteiger partial charge in [0.25, 0.3) is 0 Å². The molecule has 3 heterocycles. The topological polar surface area (TPSA) is 50.6 Å². The summed E-state index contributed by atoms with van der Waals surface area (Å²) in [7, 11) is 0. The molecule has 0 N–H and O–H groups in total. The Balaban J connectivity index is 1.49. The van der Waals surface area contributed by atoms with Crippen LogP contribution in [0.5, 0.6) is 0 Å². The zero-order valence-electron chi connectivity index (χ0n) is 20.3. The normalized spacial score (nSPS) is 19.5. The number of likely N-dealkylation sites (tertiary alicyclic amines) is 2. The molecule has 1 amide bonds. The Morgan fingerprint density at radius 1 is 1.14 bits per heavy atom. The number of alkyl halides is 3. The first-order valence-electron chi connectivity index (χ1n) is 12.1. The summed E-state index contributed by atoms with van der Waals surface area (Å²) in [4.78, 5) is 16.2. The number of hydrogen-bond donors (Lipinski definition) is 0. The Kier molecular flexibility index (Phi) is 7.38. The fourth-order valence-electron chi connectivity index (χ4n) is 5.10. The molecule has 192 valence electrons. The molecule has 1 aromatic heterocycles. The number of amides is 1. The van der Waals surface area contributed by atoms with Crippen molar-refractivity contribution < 1.29 is 22.7 Å². The number of piperidine rings is 1. The Morgan fingerprint density at radius 2 is 1.83 bits per heavy atom. The monoisotopic (exact) mass is 512 g/mol. The van der Waals surface area contributed by atoms with Gasteiger partial charge in [0.1, 0.15) is 0 Å². The first-order valence-corrected chi connectivity index (χ1v) is 12.5. The van der Waals surface area contributed by atoms with Crippen LogP contribution in [0.15, 0.2) is 30.5 Å². The highest BCUT2D eigenvalue weighted by Gasteiger charge is 2.45. The minimum Gasteiger partial charge on any atom is -0.437 e. The van der Waals surface area contributed by atoms with Crippen LogP contribution in [-0.2, 0) is 11.3 Å². The summed E-state index contributed by atoms with van der Waals surface area (Å²) >= 11 is 6.51.